The Kier molecular flexibility index (Phi) is 4.52. The first-order chi connectivity index (χ1) is 16.1. The van der Waals surface area contributed by atoms with Gasteiger partial charge in [0.2, 0.25) is 0 Å². The predicted molar refractivity (Wildman–Crippen MR) is 134 cm³/mol. The lowest BCUT2D eigenvalue weighted by Gasteiger charge is -2.37. The minimum atomic E-state index is -0.360. The van der Waals surface area contributed by atoms with Crippen molar-refractivity contribution < 1.29 is 9.53 Å². The van der Waals surface area contributed by atoms with E-state index in [0.717, 1.165) is 39.2 Å². The van der Waals surface area contributed by atoms with Crippen molar-refractivity contribution in [3.05, 3.63) is 95.2 Å². The van der Waals surface area contributed by atoms with Crippen LogP contribution in [0.15, 0.2) is 72.8 Å². The molecule has 6 rings (SSSR count). The Labute approximate surface area is 197 Å². The molecule has 5 nitrogen and oxygen atoms in total. The smallest absolute Gasteiger partial charge is 0.256 e. The molecule has 1 aromatic heterocycles. The lowest BCUT2D eigenvalue weighted by atomic mass is 9.89. The highest BCUT2D eigenvalue weighted by molar-refractivity contribution is 7.80. The summed E-state index contributed by atoms with van der Waals surface area (Å²) < 4.78 is 5.52. The highest BCUT2D eigenvalue weighted by Crippen LogP contribution is 2.45. The molecule has 1 saturated heterocycles. The van der Waals surface area contributed by atoms with Gasteiger partial charge in [-0.2, -0.15) is 0 Å². The van der Waals surface area contributed by atoms with Crippen molar-refractivity contribution >= 4 is 39.8 Å². The van der Waals surface area contributed by atoms with E-state index >= 15 is 0 Å². The zero-order valence-corrected chi connectivity index (χ0v) is 19.2. The van der Waals surface area contributed by atoms with Gasteiger partial charge in [0.25, 0.3) is 5.91 Å². The number of aryl methyl sites for hydroxylation is 1. The number of nitrogens with one attached hydrogen (secondary N) is 1. The van der Waals surface area contributed by atoms with Crippen LogP contribution in [0.25, 0.3) is 10.9 Å². The molecule has 0 radical (unpaired) electrons. The van der Waals surface area contributed by atoms with Crippen LogP contribution in [0, 0.1) is 6.92 Å². The third-order valence-corrected chi connectivity index (χ3v) is 7.11. The SMILES string of the molecule is COc1cccc(C2c3[nH]c4ccccc4c3CC3C(=O)N(c4cccc(C)c4)C(=S)N32)c1. The number of benzene rings is 3. The molecule has 33 heavy (non-hydrogen) atoms. The zero-order chi connectivity index (χ0) is 22.7. The summed E-state index contributed by atoms with van der Waals surface area (Å²) in [4.78, 5) is 21.2. The number of anilines is 1. The molecule has 0 aliphatic carbocycles. The van der Waals surface area contributed by atoms with Crippen molar-refractivity contribution in [1.82, 2.24) is 9.88 Å². The average Bonchev–Trinajstić information content (AvgIpc) is 3.32. The van der Waals surface area contributed by atoms with Crippen molar-refractivity contribution in [3.63, 3.8) is 0 Å². The number of rotatable bonds is 3. The molecule has 2 unspecified atom stereocenters. The maximum absolute atomic E-state index is 13.8. The quantitative estimate of drug-likeness (QED) is 0.437. The van der Waals surface area contributed by atoms with Crippen LogP contribution in [0.4, 0.5) is 5.69 Å². The number of hydrogen-bond donors (Lipinski definition) is 1. The van der Waals surface area contributed by atoms with Crippen molar-refractivity contribution in [3.8, 4) is 5.75 Å². The number of H-pyrrole nitrogens is 1. The first kappa shape index (κ1) is 20.0. The van der Waals surface area contributed by atoms with Crippen molar-refractivity contribution in [2.45, 2.75) is 25.4 Å². The van der Waals surface area contributed by atoms with Gasteiger partial charge in [-0.25, -0.2) is 0 Å². The van der Waals surface area contributed by atoms with Gasteiger partial charge >= 0.3 is 0 Å². The number of aromatic nitrogens is 1. The highest BCUT2D eigenvalue weighted by Gasteiger charge is 2.51. The van der Waals surface area contributed by atoms with Crippen molar-refractivity contribution in [2.75, 3.05) is 12.0 Å². The molecular formula is C27H23N3O2S. The Morgan fingerprint density at radius 3 is 2.67 bits per heavy atom. The number of methoxy groups -OCH3 is 1. The van der Waals surface area contributed by atoms with Gasteiger partial charge in [-0.15, -0.1) is 0 Å². The maximum Gasteiger partial charge on any atom is 0.256 e. The Morgan fingerprint density at radius 2 is 1.85 bits per heavy atom. The molecule has 3 aromatic carbocycles. The molecule has 0 spiro atoms. The molecule has 2 atom stereocenters. The fourth-order valence-electron chi connectivity index (χ4n) is 5.24. The number of fused-ring (bicyclic) bond motifs is 4. The fourth-order valence-corrected chi connectivity index (χ4v) is 5.67. The second-order valence-corrected chi connectivity index (χ2v) is 9.03. The molecule has 6 heteroatoms. The van der Waals surface area contributed by atoms with Crippen LogP contribution in [-0.4, -0.2) is 34.1 Å². The monoisotopic (exact) mass is 453 g/mol. The number of aromatic amines is 1. The summed E-state index contributed by atoms with van der Waals surface area (Å²) in [7, 11) is 1.67. The van der Waals surface area contributed by atoms with Gasteiger partial charge in [0.1, 0.15) is 11.8 Å². The molecule has 3 heterocycles. The highest BCUT2D eigenvalue weighted by atomic mass is 32.1. The Morgan fingerprint density at radius 1 is 1.03 bits per heavy atom. The van der Waals surface area contributed by atoms with Gasteiger partial charge in [-0.3, -0.25) is 9.69 Å². The van der Waals surface area contributed by atoms with Crippen LogP contribution in [0.5, 0.6) is 5.75 Å². The van der Waals surface area contributed by atoms with E-state index in [4.69, 9.17) is 17.0 Å². The average molecular weight is 454 g/mol. The van der Waals surface area contributed by atoms with E-state index in [-0.39, 0.29) is 18.0 Å². The molecule has 4 aromatic rings. The number of thiocarbonyl (C=S) groups is 1. The normalized spacial score (nSPS) is 19.7. The third-order valence-electron chi connectivity index (χ3n) is 6.72. The molecule has 2 aliphatic rings. The van der Waals surface area contributed by atoms with Crippen LogP contribution >= 0.6 is 12.2 Å². The van der Waals surface area contributed by atoms with Crippen LogP contribution < -0.4 is 9.64 Å². The minimum absolute atomic E-state index is 0.0226. The third kappa shape index (κ3) is 2.98. The lowest BCUT2D eigenvalue weighted by Crippen LogP contribution is -2.44. The molecule has 0 bridgehead atoms. The summed E-state index contributed by atoms with van der Waals surface area (Å²) in [5.41, 5.74) is 6.29. The molecule has 0 saturated carbocycles. The van der Waals surface area contributed by atoms with Crippen LogP contribution in [0.1, 0.15) is 28.4 Å². The van der Waals surface area contributed by atoms with E-state index in [9.17, 15) is 4.79 Å². The van der Waals surface area contributed by atoms with E-state index in [1.165, 1.54) is 5.56 Å². The van der Waals surface area contributed by atoms with Crippen LogP contribution in [0.2, 0.25) is 0 Å². The molecular weight excluding hydrogens is 430 g/mol. The molecule has 1 amide bonds. The largest absolute Gasteiger partial charge is 0.497 e. The first-order valence-electron chi connectivity index (χ1n) is 11.0. The predicted octanol–water partition coefficient (Wildman–Crippen LogP) is 5.13. The van der Waals surface area contributed by atoms with Gasteiger partial charge < -0.3 is 14.6 Å². The van der Waals surface area contributed by atoms with E-state index in [0.29, 0.717) is 11.5 Å². The van der Waals surface area contributed by atoms with Gasteiger partial charge in [0.15, 0.2) is 5.11 Å². The first-order valence-corrected chi connectivity index (χ1v) is 11.4. The molecule has 1 fully saturated rings. The Balaban J connectivity index is 1.55. The van der Waals surface area contributed by atoms with Crippen molar-refractivity contribution in [2.24, 2.45) is 0 Å². The fraction of sp³-hybridized carbons (Fsp3) is 0.185. The number of nitrogens with zero attached hydrogens (tertiary/aromatic N) is 2. The van der Waals surface area contributed by atoms with Gasteiger partial charge in [0, 0.05) is 23.0 Å². The lowest BCUT2D eigenvalue weighted by molar-refractivity contribution is -0.120. The second kappa shape index (κ2) is 7.46. The summed E-state index contributed by atoms with van der Waals surface area (Å²) >= 11 is 5.97. The summed E-state index contributed by atoms with van der Waals surface area (Å²) in [5, 5.41) is 1.69. The second-order valence-electron chi connectivity index (χ2n) is 8.66. The Bertz CT molecular complexity index is 1430. The number of ether oxygens (including phenoxy) is 1. The van der Waals surface area contributed by atoms with E-state index in [1.54, 1.807) is 12.0 Å². The Hall–Kier alpha value is -3.64. The van der Waals surface area contributed by atoms with E-state index < -0.39 is 0 Å². The number of amides is 1. The number of hydrogen-bond acceptors (Lipinski definition) is 3. The van der Waals surface area contributed by atoms with Gasteiger partial charge in [-0.1, -0.05) is 42.5 Å². The van der Waals surface area contributed by atoms with Crippen molar-refractivity contribution in [1.29, 1.82) is 0 Å². The number of carbonyl (C=O) groups excluding carboxylic acids is 1. The summed E-state index contributed by atoms with van der Waals surface area (Å²) in [6.07, 6.45) is 0.612. The van der Waals surface area contributed by atoms with Crippen LogP contribution in [0.3, 0.4) is 0 Å². The molecule has 2 aliphatic heterocycles. The van der Waals surface area contributed by atoms with E-state index in [2.05, 4.69) is 28.1 Å². The van der Waals surface area contributed by atoms with Gasteiger partial charge in [0.05, 0.1) is 18.8 Å². The molecule has 164 valence electrons. The summed E-state index contributed by atoms with van der Waals surface area (Å²) in [6.45, 7) is 2.02. The zero-order valence-electron chi connectivity index (χ0n) is 18.4. The summed E-state index contributed by atoms with van der Waals surface area (Å²) in [5.74, 6) is 0.800. The number of carbonyl (C=O) groups is 1. The topological polar surface area (TPSA) is 48.6 Å². The van der Waals surface area contributed by atoms with Crippen LogP contribution in [-0.2, 0) is 11.2 Å². The maximum atomic E-state index is 13.8. The summed E-state index contributed by atoms with van der Waals surface area (Å²) in [6, 6.07) is 23.7. The van der Waals surface area contributed by atoms with Gasteiger partial charge in [-0.05, 0) is 66.2 Å². The number of para-hydroxylation sites is 1. The standard InChI is InChI=1S/C27H23N3O2S/c1-16-7-5-9-18(13-16)29-26(31)23-15-21-20-11-3-4-12-22(20)28-24(21)25(30(23)27(29)33)17-8-6-10-19(14-17)32-2/h3-14,23,25,28H,15H2,1-2H3. The molecule has 1 N–H and O–H groups in total. The van der Waals surface area contributed by atoms with E-state index in [1.807, 2.05) is 61.5 Å². The minimum Gasteiger partial charge on any atom is -0.497 e.